The molecule has 0 aliphatic rings. The molecule has 2 aromatic heterocycles. The van der Waals surface area contributed by atoms with E-state index < -0.39 is 0 Å². The zero-order valence-corrected chi connectivity index (χ0v) is 12.4. The summed E-state index contributed by atoms with van der Waals surface area (Å²) in [6.07, 6.45) is 1.83. The van der Waals surface area contributed by atoms with Gasteiger partial charge < -0.3 is 5.32 Å². The van der Waals surface area contributed by atoms with Crippen LogP contribution in [0.4, 0.5) is 0 Å². The van der Waals surface area contributed by atoms with Gasteiger partial charge in [0, 0.05) is 16.5 Å². The maximum atomic E-state index is 4.38. The fourth-order valence-electron chi connectivity index (χ4n) is 2.43. The van der Waals surface area contributed by atoms with E-state index in [1.54, 1.807) is 11.3 Å². The fraction of sp³-hybridized carbons (Fsp3) is 0.250. The molecule has 102 valence electrons. The first-order valence-electron chi connectivity index (χ1n) is 6.77. The van der Waals surface area contributed by atoms with Crippen LogP contribution >= 0.6 is 11.3 Å². The summed E-state index contributed by atoms with van der Waals surface area (Å²) >= 11 is 1.71. The fourth-order valence-corrected chi connectivity index (χ4v) is 3.33. The van der Waals surface area contributed by atoms with Gasteiger partial charge in [0.2, 0.25) is 0 Å². The van der Waals surface area contributed by atoms with E-state index in [1.807, 2.05) is 17.8 Å². The summed E-state index contributed by atoms with van der Waals surface area (Å²) in [6, 6.07) is 10.7. The molecule has 3 aromatic rings. The molecule has 0 spiro atoms. The molecular formula is C16H17N3S. The molecule has 1 atom stereocenters. The monoisotopic (exact) mass is 283 g/mol. The third-order valence-electron chi connectivity index (χ3n) is 3.41. The zero-order chi connectivity index (χ0) is 13.9. The topological polar surface area (TPSA) is 37.8 Å². The largest absolute Gasteiger partial charge is 0.306 e. The van der Waals surface area contributed by atoms with Crippen LogP contribution in [0.5, 0.6) is 0 Å². The Morgan fingerprint density at radius 2 is 2.15 bits per heavy atom. The van der Waals surface area contributed by atoms with Gasteiger partial charge >= 0.3 is 0 Å². The number of thiazole rings is 1. The van der Waals surface area contributed by atoms with Crippen molar-refractivity contribution in [2.75, 3.05) is 6.54 Å². The normalized spacial score (nSPS) is 12.7. The molecular weight excluding hydrogens is 266 g/mol. The molecule has 0 aliphatic carbocycles. The highest BCUT2D eigenvalue weighted by Crippen LogP contribution is 2.29. The summed E-state index contributed by atoms with van der Waals surface area (Å²) < 4.78 is 0. The third kappa shape index (κ3) is 2.44. The number of hydrogen-bond donors (Lipinski definition) is 1. The molecule has 1 aromatic carbocycles. The van der Waals surface area contributed by atoms with Gasteiger partial charge in [0.25, 0.3) is 0 Å². The minimum absolute atomic E-state index is 0.206. The van der Waals surface area contributed by atoms with Crippen LogP contribution in [-0.4, -0.2) is 16.5 Å². The van der Waals surface area contributed by atoms with Gasteiger partial charge in [-0.2, -0.15) is 0 Å². The molecule has 0 bridgehead atoms. The van der Waals surface area contributed by atoms with Gasteiger partial charge in [0.15, 0.2) is 0 Å². The van der Waals surface area contributed by atoms with E-state index in [0.29, 0.717) is 0 Å². The number of fused-ring (bicyclic) bond motifs is 1. The van der Waals surface area contributed by atoms with E-state index in [-0.39, 0.29) is 6.04 Å². The lowest BCUT2D eigenvalue weighted by Gasteiger charge is -2.18. The number of hydrogen-bond acceptors (Lipinski definition) is 4. The molecule has 0 aliphatic heterocycles. The van der Waals surface area contributed by atoms with Crippen LogP contribution in [0.3, 0.4) is 0 Å². The Morgan fingerprint density at radius 3 is 2.90 bits per heavy atom. The van der Waals surface area contributed by atoms with Crippen LogP contribution in [0, 0.1) is 6.92 Å². The molecule has 0 saturated carbocycles. The van der Waals surface area contributed by atoms with Gasteiger partial charge in [-0.3, -0.25) is 4.98 Å². The van der Waals surface area contributed by atoms with E-state index in [4.69, 9.17) is 0 Å². The van der Waals surface area contributed by atoms with Crippen molar-refractivity contribution in [1.29, 1.82) is 0 Å². The molecule has 1 N–H and O–H groups in total. The van der Waals surface area contributed by atoms with Crippen LogP contribution in [0.1, 0.15) is 29.1 Å². The predicted octanol–water partition coefficient (Wildman–Crippen LogP) is 3.70. The summed E-state index contributed by atoms with van der Waals surface area (Å²) in [7, 11) is 0. The number of pyridine rings is 1. The maximum absolute atomic E-state index is 4.38. The van der Waals surface area contributed by atoms with Gasteiger partial charge in [-0.25, -0.2) is 4.98 Å². The van der Waals surface area contributed by atoms with Gasteiger partial charge in [0.1, 0.15) is 0 Å². The summed E-state index contributed by atoms with van der Waals surface area (Å²) in [4.78, 5) is 10.0. The number of aryl methyl sites for hydroxylation is 1. The van der Waals surface area contributed by atoms with E-state index in [9.17, 15) is 0 Å². The quantitative estimate of drug-likeness (QED) is 0.793. The smallest absolute Gasteiger partial charge is 0.0798 e. The molecule has 0 saturated heterocycles. The first kappa shape index (κ1) is 13.2. The first-order chi connectivity index (χ1) is 9.79. The SMILES string of the molecule is CCNC(c1ccc2ncccc2c1)c1scnc1C. The number of nitrogens with one attached hydrogen (secondary N) is 1. The third-order valence-corrected chi connectivity index (χ3v) is 4.41. The molecule has 2 heterocycles. The Balaban J connectivity index is 2.07. The average Bonchev–Trinajstić information content (AvgIpc) is 2.90. The molecule has 0 amide bonds. The van der Waals surface area contributed by atoms with Crippen molar-refractivity contribution < 1.29 is 0 Å². The van der Waals surface area contributed by atoms with Gasteiger partial charge in [0.05, 0.1) is 22.8 Å². The lowest BCUT2D eigenvalue weighted by molar-refractivity contribution is 0.636. The van der Waals surface area contributed by atoms with Gasteiger partial charge in [-0.15, -0.1) is 11.3 Å². The number of rotatable bonds is 4. The van der Waals surface area contributed by atoms with Crippen LogP contribution in [0.25, 0.3) is 10.9 Å². The predicted molar refractivity (Wildman–Crippen MR) is 84.1 cm³/mol. The van der Waals surface area contributed by atoms with Crippen molar-refractivity contribution in [1.82, 2.24) is 15.3 Å². The highest BCUT2D eigenvalue weighted by Gasteiger charge is 2.17. The highest BCUT2D eigenvalue weighted by atomic mass is 32.1. The van der Waals surface area contributed by atoms with E-state index >= 15 is 0 Å². The van der Waals surface area contributed by atoms with Crippen molar-refractivity contribution in [2.24, 2.45) is 0 Å². The summed E-state index contributed by atoms with van der Waals surface area (Å²) in [5, 5.41) is 4.73. The Labute approximate surface area is 122 Å². The molecule has 4 heteroatoms. The Kier molecular flexibility index (Phi) is 3.76. The minimum Gasteiger partial charge on any atom is -0.306 e. The van der Waals surface area contributed by atoms with Crippen molar-refractivity contribution in [3.63, 3.8) is 0 Å². The van der Waals surface area contributed by atoms with Crippen LogP contribution in [-0.2, 0) is 0 Å². The Bertz CT molecular complexity index is 720. The summed E-state index contributed by atoms with van der Waals surface area (Å²) in [5.41, 5.74) is 5.32. The van der Waals surface area contributed by atoms with Crippen molar-refractivity contribution >= 4 is 22.2 Å². The number of aromatic nitrogens is 2. The lowest BCUT2D eigenvalue weighted by Crippen LogP contribution is -2.21. The van der Waals surface area contributed by atoms with E-state index in [2.05, 4.69) is 53.4 Å². The molecule has 3 nitrogen and oxygen atoms in total. The Morgan fingerprint density at radius 1 is 1.25 bits per heavy atom. The van der Waals surface area contributed by atoms with Crippen LogP contribution < -0.4 is 5.32 Å². The minimum atomic E-state index is 0.206. The zero-order valence-electron chi connectivity index (χ0n) is 11.6. The van der Waals surface area contributed by atoms with Crippen molar-refractivity contribution in [3.8, 4) is 0 Å². The second-order valence-corrected chi connectivity index (χ2v) is 5.63. The van der Waals surface area contributed by atoms with E-state index in [1.165, 1.54) is 15.8 Å². The Hall–Kier alpha value is -1.78. The second kappa shape index (κ2) is 5.69. The second-order valence-electron chi connectivity index (χ2n) is 4.75. The highest BCUT2D eigenvalue weighted by molar-refractivity contribution is 7.09. The molecule has 20 heavy (non-hydrogen) atoms. The average molecular weight is 283 g/mol. The van der Waals surface area contributed by atoms with Gasteiger partial charge in [-0.1, -0.05) is 19.1 Å². The van der Waals surface area contributed by atoms with Crippen molar-refractivity contribution in [3.05, 3.63) is 58.2 Å². The first-order valence-corrected chi connectivity index (χ1v) is 7.65. The molecule has 3 rings (SSSR count). The van der Waals surface area contributed by atoms with Crippen LogP contribution in [0.15, 0.2) is 42.0 Å². The van der Waals surface area contributed by atoms with Crippen molar-refractivity contribution in [2.45, 2.75) is 19.9 Å². The maximum Gasteiger partial charge on any atom is 0.0798 e. The lowest BCUT2D eigenvalue weighted by atomic mass is 10.0. The summed E-state index contributed by atoms with van der Waals surface area (Å²) in [6.45, 7) is 5.12. The van der Waals surface area contributed by atoms with Gasteiger partial charge in [-0.05, 0) is 37.2 Å². The molecule has 1 unspecified atom stereocenters. The van der Waals surface area contributed by atoms with E-state index in [0.717, 1.165) is 17.8 Å². The number of nitrogens with zero attached hydrogens (tertiary/aromatic N) is 2. The molecule has 0 fully saturated rings. The van der Waals surface area contributed by atoms with Crippen LogP contribution in [0.2, 0.25) is 0 Å². The standard InChI is InChI=1S/C16H17N3S/c1-3-17-15(16-11(2)19-10-20-16)13-6-7-14-12(9-13)5-4-8-18-14/h4-10,15,17H,3H2,1-2H3. The summed E-state index contributed by atoms with van der Waals surface area (Å²) in [5.74, 6) is 0. The molecule has 0 radical (unpaired) electrons. The number of benzene rings is 1.